The van der Waals surface area contributed by atoms with Crippen LogP contribution in [0.4, 0.5) is 0 Å². The Labute approximate surface area is 108 Å². The molecule has 2 aromatic rings. The van der Waals surface area contributed by atoms with Gasteiger partial charge in [0.05, 0.1) is 12.9 Å². The molecule has 0 saturated carbocycles. The van der Waals surface area contributed by atoms with Gasteiger partial charge in [0.1, 0.15) is 5.52 Å². The lowest BCUT2D eigenvalue weighted by Gasteiger charge is -2.07. The lowest BCUT2D eigenvalue weighted by molar-refractivity contribution is 0.773. The summed E-state index contributed by atoms with van der Waals surface area (Å²) in [7, 11) is 0. The van der Waals surface area contributed by atoms with Crippen LogP contribution in [0.3, 0.4) is 0 Å². The molecule has 2 heterocycles. The predicted octanol–water partition coefficient (Wildman–Crippen LogP) is 2.08. The van der Waals surface area contributed by atoms with Crippen molar-refractivity contribution in [3.8, 4) is 0 Å². The molecule has 0 amide bonds. The van der Waals surface area contributed by atoms with E-state index in [9.17, 15) is 4.79 Å². The summed E-state index contributed by atoms with van der Waals surface area (Å²) in [5.41, 5.74) is 1.60. The summed E-state index contributed by atoms with van der Waals surface area (Å²) in [6, 6.07) is 0. The van der Waals surface area contributed by atoms with E-state index in [1.54, 1.807) is 16.7 Å². The third-order valence-electron chi connectivity index (χ3n) is 2.50. The topological polar surface area (TPSA) is 66.5 Å². The van der Waals surface area contributed by atoms with Crippen molar-refractivity contribution in [1.82, 2.24) is 19.5 Å². The van der Waals surface area contributed by atoms with Gasteiger partial charge in [-0.3, -0.25) is 14.3 Å². The Bertz CT molecular complexity index is 747. The summed E-state index contributed by atoms with van der Waals surface area (Å²) in [6.45, 7) is 7.85. The number of H-pyrrole nitrogens is 2. The van der Waals surface area contributed by atoms with Gasteiger partial charge in [0, 0.05) is 0 Å². The molecule has 0 spiro atoms. The smallest absolute Gasteiger partial charge is 0.277 e. The molecule has 18 heavy (non-hydrogen) atoms. The van der Waals surface area contributed by atoms with Gasteiger partial charge in [0.25, 0.3) is 5.56 Å². The zero-order valence-corrected chi connectivity index (χ0v) is 10.5. The Morgan fingerprint density at radius 1 is 1.56 bits per heavy atom. The highest BCUT2D eigenvalue weighted by molar-refractivity contribution is 7.71. The summed E-state index contributed by atoms with van der Waals surface area (Å²) in [5.74, 6) is 0. The highest BCUT2D eigenvalue weighted by atomic mass is 32.1. The van der Waals surface area contributed by atoms with E-state index in [4.69, 9.17) is 12.2 Å². The summed E-state index contributed by atoms with van der Waals surface area (Å²) in [5, 5.41) is 0. The van der Waals surface area contributed by atoms with Crippen LogP contribution in [-0.4, -0.2) is 19.5 Å². The third kappa shape index (κ3) is 2.10. The Balaban J connectivity index is 2.64. The standard InChI is InChI=1S/C12H12N4OS/c1-3-5-8(4-2)6-16-10-9(13-7-14-10)11(17)15-12(16)18/h3-5,7H,1-2,6H2,(H,13,14)(H,15,17,18)/b8-5+. The minimum Gasteiger partial charge on any atom is -0.339 e. The summed E-state index contributed by atoms with van der Waals surface area (Å²) >= 11 is 5.15. The molecule has 0 radical (unpaired) electrons. The van der Waals surface area contributed by atoms with Crippen LogP contribution in [0.5, 0.6) is 0 Å². The predicted molar refractivity (Wildman–Crippen MR) is 74.0 cm³/mol. The second-order valence-corrected chi connectivity index (χ2v) is 4.01. The number of hydrogen-bond acceptors (Lipinski definition) is 3. The Hall–Kier alpha value is -2.21. The first-order valence-corrected chi connectivity index (χ1v) is 5.68. The average Bonchev–Trinajstić information content (AvgIpc) is 2.82. The quantitative estimate of drug-likeness (QED) is 0.653. The number of hydrogen-bond donors (Lipinski definition) is 2. The number of aromatic nitrogens is 4. The molecule has 0 aliphatic carbocycles. The van der Waals surface area contributed by atoms with Crippen LogP contribution in [-0.2, 0) is 6.54 Å². The fourth-order valence-corrected chi connectivity index (χ4v) is 1.89. The molecule has 2 rings (SSSR count). The maximum Gasteiger partial charge on any atom is 0.277 e. The van der Waals surface area contributed by atoms with Crippen LogP contribution >= 0.6 is 12.2 Å². The van der Waals surface area contributed by atoms with E-state index in [1.807, 2.05) is 6.08 Å². The summed E-state index contributed by atoms with van der Waals surface area (Å²) in [4.78, 5) is 21.2. The van der Waals surface area contributed by atoms with Gasteiger partial charge in [0.15, 0.2) is 10.4 Å². The zero-order valence-electron chi connectivity index (χ0n) is 9.64. The first-order valence-electron chi connectivity index (χ1n) is 5.27. The number of nitrogens with zero attached hydrogens (tertiary/aromatic N) is 2. The van der Waals surface area contributed by atoms with Crippen LogP contribution in [0, 0.1) is 4.77 Å². The molecule has 2 N–H and O–H groups in total. The van der Waals surface area contributed by atoms with Crippen molar-refractivity contribution in [2.75, 3.05) is 0 Å². The van der Waals surface area contributed by atoms with Crippen molar-refractivity contribution in [1.29, 1.82) is 0 Å². The Morgan fingerprint density at radius 2 is 2.33 bits per heavy atom. The fraction of sp³-hybridized carbons (Fsp3) is 0.0833. The number of rotatable bonds is 4. The summed E-state index contributed by atoms with van der Waals surface area (Å²) in [6.07, 6.45) is 6.69. The molecule has 0 bridgehead atoms. The number of imidazole rings is 1. The molecular weight excluding hydrogens is 248 g/mol. The number of fused-ring (bicyclic) bond motifs is 1. The van der Waals surface area contributed by atoms with Crippen LogP contribution < -0.4 is 5.56 Å². The first-order chi connectivity index (χ1) is 8.67. The zero-order chi connectivity index (χ0) is 13.1. The second-order valence-electron chi connectivity index (χ2n) is 3.63. The van der Waals surface area contributed by atoms with Crippen LogP contribution in [0.15, 0.2) is 48.1 Å². The van der Waals surface area contributed by atoms with Gasteiger partial charge in [-0.15, -0.1) is 0 Å². The van der Waals surface area contributed by atoms with Crippen molar-refractivity contribution in [3.63, 3.8) is 0 Å². The lowest BCUT2D eigenvalue weighted by Crippen LogP contribution is -2.15. The molecular formula is C12H12N4OS. The fourth-order valence-electron chi connectivity index (χ4n) is 1.65. The molecule has 0 fully saturated rings. The van der Waals surface area contributed by atoms with Gasteiger partial charge in [-0.1, -0.05) is 31.4 Å². The number of allylic oxidation sites excluding steroid dienone is 4. The molecule has 6 heteroatoms. The number of nitrogens with one attached hydrogen (secondary N) is 2. The maximum absolute atomic E-state index is 11.6. The molecule has 0 unspecified atom stereocenters. The van der Waals surface area contributed by atoms with Gasteiger partial charge in [-0.2, -0.15) is 0 Å². The SMILES string of the molecule is C=C/C=C(\C=C)Cn1c(=S)[nH]c(=O)c2[nH]cnc21. The number of aromatic amines is 2. The highest BCUT2D eigenvalue weighted by Crippen LogP contribution is 2.08. The van der Waals surface area contributed by atoms with E-state index >= 15 is 0 Å². The average molecular weight is 260 g/mol. The van der Waals surface area contributed by atoms with Crippen molar-refractivity contribution in [2.24, 2.45) is 0 Å². The second kappa shape index (κ2) is 4.97. The lowest BCUT2D eigenvalue weighted by atomic mass is 10.2. The van der Waals surface area contributed by atoms with Gasteiger partial charge >= 0.3 is 0 Å². The first kappa shape index (κ1) is 12.3. The van der Waals surface area contributed by atoms with Crippen LogP contribution in [0.1, 0.15) is 0 Å². The molecule has 92 valence electrons. The molecule has 0 atom stereocenters. The minimum absolute atomic E-state index is 0.267. The van der Waals surface area contributed by atoms with E-state index in [0.29, 0.717) is 22.5 Å². The molecule has 5 nitrogen and oxygen atoms in total. The summed E-state index contributed by atoms with van der Waals surface area (Å²) < 4.78 is 2.07. The van der Waals surface area contributed by atoms with E-state index in [1.165, 1.54) is 6.33 Å². The van der Waals surface area contributed by atoms with Crippen LogP contribution in [0.2, 0.25) is 0 Å². The molecule has 0 saturated heterocycles. The van der Waals surface area contributed by atoms with Crippen molar-refractivity contribution >= 4 is 23.4 Å². The molecule has 2 aromatic heterocycles. The third-order valence-corrected chi connectivity index (χ3v) is 2.82. The Morgan fingerprint density at radius 3 is 3.00 bits per heavy atom. The van der Waals surface area contributed by atoms with E-state index in [0.717, 1.165) is 5.57 Å². The van der Waals surface area contributed by atoms with Crippen molar-refractivity contribution in [3.05, 3.63) is 58.4 Å². The van der Waals surface area contributed by atoms with Gasteiger partial charge in [-0.05, 0) is 17.8 Å². The van der Waals surface area contributed by atoms with E-state index in [-0.39, 0.29) is 5.56 Å². The molecule has 0 aliphatic rings. The van der Waals surface area contributed by atoms with Crippen molar-refractivity contribution in [2.45, 2.75) is 6.54 Å². The minimum atomic E-state index is -0.267. The monoisotopic (exact) mass is 260 g/mol. The molecule has 0 aromatic carbocycles. The van der Waals surface area contributed by atoms with E-state index in [2.05, 4.69) is 28.1 Å². The highest BCUT2D eigenvalue weighted by Gasteiger charge is 2.08. The van der Waals surface area contributed by atoms with E-state index < -0.39 is 0 Å². The van der Waals surface area contributed by atoms with Gasteiger partial charge < -0.3 is 4.98 Å². The largest absolute Gasteiger partial charge is 0.339 e. The van der Waals surface area contributed by atoms with Crippen LogP contribution in [0.25, 0.3) is 11.2 Å². The Kier molecular flexibility index (Phi) is 3.38. The van der Waals surface area contributed by atoms with Gasteiger partial charge in [-0.25, -0.2) is 4.98 Å². The van der Waals surface area contributed by atoms with Gasteiger partial charge in [0.2, 0.25) is 0 Å². The molecule has 0 aliphatic heterocycles. The normalized spacial score (nSPS) is 11.7. The maximum atomic E-state index is 11.6. The van der Waals surface area contributed by atoms with Crippen molar-refractivity contribution < 1.29 is 0 Å².